The van der Waals surface area contributed by atoms with E-state index < -0.39 is 0 Å². The molecule has 0 aliphatic heterocycles. The number of nitrogens with zero attached hydrogens (tertiary/aromatic N) is 1. The normalized spacial score (nSPS) is 10.5. The molecule has 2 aromatic carbocycles. The molecular weight excluding hydrogens is 240 g/mol. The first kappa shape index (κ1) is 11.3. The van der Waals surface area contributed by atoms with Gasteiger partial charge < -0.3 is 9.72 Å². The predicted molar refractivity (Wildman–Crippen MR) is 73.3 cm³/mol. The molecule has 0 radical (unpaired) electrons. The Bertz CT molecular complexity index is 888. The Morgan fingerprint density at radius 2 is 2.05 bits per heavy atom. The Hall–Kier alpha value is -2.80. The van der Waals surface area contributed by atoms with E-state index in [-0.39, 0.29) is 11.0 Å². The minimum atomic E-state index is -0.249. The number of rotatable bonds is 1. The van der Waals surface area contributed by atoms with E-state index in [9.17, 15) is 4.79 Å². The zero-order valence-corrected chi connectivity index (χ0v) is 10.2. The van der Waals surface area contributed by atoms with Crippen LogP contribution in [0, 0.1) is 11.3 Å². The van der Waals surface area contributed by atoms with Crippen molar-refractivity contribution in [3.05, 3.63) is 52.3 Å². The highest BCUT2D eigenvalue weighted by molar-refractivity contribution is 5.97. The van der Waals surface area contributed by atoms with E-state index in [0.29, 0.717) is 5.39 Å². The molecule has 4 nitrogen and oxygen atoms in total. The van der Waals surface area contributed by atoms with Crippen LogP contribution in [0.4, 0.5) is 0 Å². The number of nitriles is 1. The zero-order chi connectivity index (χ0) is 13.4. The number of aromatic nitrogens is 1. The summed E-state index contributed by atoms with van der Waals surface area (Å²) in [5.74, 6) is 0.736. The van der Waals surface area contributed by atoms with Crippen LogP contribution in [0.5, 0.6) is 5.75 Å². The second-order valence-electron chi connectivity index (χ2n) is 4.25. The van der Waals surface area contributed by atoms with Crippen molar-refractivity contribution in [3.63, 3.8) is 0 Å². The van der Waals surface area contributed by atoms with Gasteiger partial charge in [0.15, 0.2) is 0 Å². The fraction of sp³-hybridized carbons (Fsp3) is 0.0667. The predicted octanol–water partition coefficient (Wildman–Crippen LogP) is 2.56. The van der Waals surface area contributed by atoms with E-state index in [1.165, 1.54) is 6.20 Å². The number of methoxy groups -OCH3 is 1. The molecule has 19 heavy (non-hydrogen) atoms. The summed E-state index contributed by atoms with van der Waals surface area (Å²) < 4.78 is 5.17. The van der Waals surface area contributed by atoms with Gasteiger partial charge in [0.1, 0.15) is 17.4 Å². The molecule has 92 valence electrons. The van der Waals surface area contributed by atoms with Gasteiger partial charge in [-0.3, -0.25) is 4.79 Å². The van der Waals surface area contributed by atoms with Gasteiger partial charge >= 0.3 is 0 Å². The Labute approximate surface area is 108 Å². The van der Waals surface area contributed by atoms with Crippen molar-refractivity contribution in [2.75, 3.05) is 7.11 Å². The van der Waals surface area contributed by atoms with Crippen molar-refractivity contribution >= 4 is 21.7 Å². The zero-order valence-electron chi connectivity index (χ0n) is 10.2. The van der Waals surface area contributed by atoms with Crippen molar-refractivity contribution in [2.24, 2.45) is 0 Å². The first-order valence-electron chi connectivity index (χ1n) is 5.76. The standard InChI is InChI=1S/C15H10N2O2/c1-19-12-3-2-9-6-14-13(5-10(9)4-12)15(18)11(7-16)8-17-14/h2-6,8H,1H3,(H,17,18). The summed E-state index contributed by atoms with van der Waals surface area (Å²) in [5, 5.41) is 11.3. The van der Waals surface area contributed by atoms with Crippen molar-refractivity contribution in [1.82, 2.24) is 4.98 Å². The van der Waals surface area contributed by atoms with Crippen LogP contribution in [0.15, 0.2) is 41.3 Å². The van der Waals surface area contributed by atoms with Crippen molar-refractivity contribution < 1.29 is 4.74 Å². The third-order valence-electron chi connectivity index (χ3n) is 3.17. The first-order valence-corrected chi connectivity index (χ1v) is 5.76. The maximum Gasteiger partial charge on any atom is 0.207 e. The topological polar surface area (TPSA) is 65.9 Å². The Balaban J connectivity index is 2.43. The molecule has 0 bridgehead atoms. The molecule has 0 atom stereocenters. The van der Waals surface area contributed by atoms with E-state index in [0.717, 1.165) is 22.0 Å². The highest BCUT2D eigenvalue weighted by Crippen LogP contribution is 2.24. The highest BCUT2D eigenvalue weighted by atomic mass is 16.5. The molecule has 0 fully saturated rings. The number of H-pyrrole nitrogens is 1. The fourth-order valence-electron chi connectivity index (χ4n) is 2.15. The van der Waals surface area contributed by atoms with Crippen LogP contribution < -0.4 is 10.2 Å². The molecule has 0 amide bonds. The van der Waals surface area contributed by atoms with Crippen LogP contribution >= 0.6 is 0 Å². The lowest BCUT2D eigenvalue weighted by atomic mass is 10.1. The van der Waals surface area contributed by atoms with Gasteiger partial charge in [0.25, 0.3) is 0 Å². The first-order chi connectivity index (χ1) is 9.22. The summed E-state index contributed by atoms with van der Waals surface area (Å²) in [7, 11) is 1.60. The number of benzene rings is 2. The van der Waals surface area contributed by atoms with Gasteiger partial charge in [-0.2, -0.15) is 5.26 Å². The van der Waals surface area contributed by atoms with Crippen LogP contribution in [0.3, 0.4) is 0 Å². The molecule has 0 saturated carbocycles. The third kappa shape index (κ3) is 1.72. The molecule has 0 unspecified atom stereocenters. The smallest absolute Gasteiger partial charge is 0.207 e. The molecule has 1 N–H and O–H groups in total. The Morgan fingerprint density at radius 3 is 2.79 bits per heavy atom. The van der Waals surface area contributed by atoms with E-state index in [2.05, 4.69) is 4.98 Å². The number of ether oxygens (including phenoxy) is 1. The molecule has 0 spiro atoms. The molecule has 1 heterocycles. The van der Waals surface area contributed by atoms with Gasteiger partial charge in [-0.25, -0.2) is 0 Å². The van der Waals surface area contributed by atoms with Gasteiger partial charge in [0.05, 0.1) is 7.11 Å². The van der Waals surface area contributed by atoms with Gasteiger partial charge in [-0.05, 0) is 35.0 Å². The summed E-state index contributed by atoms with van der Waals surface area (Å²) >= 11 is 0. The number of aromatic amines is 1. The molecule has 3 rings (SSSR count). The summed E-state index contributed by atoms with van der Waals surface area (Å²) in [6, 6.07) is 11.2. The number of hydrogen-bond acceptors (Lipinski definition) is 3. The summed E-state index contributed by atoms with van der Waals surface area (Å²) in [6.45, 7) is 0. The van der Waals surface area contributed by atoms with Crippen LogP contribution in [-0.2, 0) is 0 Å². The SMILES string of the molecule is COc1ccc2cc3[nH]cc(C#N)c(=O)c3cc2c1. The van der Waals surface area contributed by atoms with Crippen molar-refractivity contribution in [3.8, 4) is 11.8 Å². The lowest BCUT2D eigenvalue weighted by Gasteiger charge is -2.05. The van der Waals surface area contributed by atoms with Crippen LogP contribution in [-0.4, -0.2) is 12.1 Å². The summed E-state index contributed by atoms with van der Waals surface area (Å²) in [4.78, 5) is 15.1. The van der Waals surface area contributed by atoms with E-state index >= 15 is 0 Å². The lowest BCUT2D eigenvalue weighted by molar-refractivity contribution is 0.415. The molecular formula is C15H10N2O2. The second kappa shape index (κ2) is 4.14. The number of nitrogens with one attached hydrogen (secondary N) is 1. The van der Waals surface area contributed by atoms with E-state index in [1.54, 1.807) is 13.2 Å². The maximum absolute atomic E-state index is 12.1. The van der Waals surface area contributed by atoms with Gasteiger partial charge in [0.2, 0.25) is 5.43 Å². The molecule has 0 saturated heterocycles. The number of hydrogen-bond donors (Lipinski definition) is 1. The molecule has 3 aromatic rings. The lowest BCUT2D eigenvalue weighted by Crippen LogP contribution is -2.06. The number of fused-ring (bicyclic) bond motifs is 2. The van der Waals surface area contributed by atoms with Crippen LogP contribution in [0.2, 0.25) is 0 Å². The van der Waals surface area contributed by atoms with Gasteiger partial charge in [0, 0.05) is 17.1 Å². The third-order valence-corrected chi connectivity index (χ3v) is 3.17. The summed E-state index contributed by atoms with van der Waals surface area (Å²) in [6.07, 6.45) is 1.44. The average Bonchev–Trinajstić information content (AvgIpc) is 2.45. The molecule has 4 heteroatoms. The van der Waals surface area contributed by atoms with Gasteiger partial charge in [-0.1, -0.05) is 6.07 Å². The monoisotopic (exact) mass is 250 g/mol. The molecule has 1 aromatic heterocycles. The largest absolute Gasteiger partial charge is 0.497 e. The van der Waals surface area contributed by atoms with Crippen molar-refractivity contribution in [2.45, 2.75) is 0 Å². The summed E-state index contributed by atoms with van der Waals surface area (Å²) in [5.41, 5.74) is 0.595. The second-order valence-corrected chi connectivity index (χ2v) is 4.25. The van der Waals surface area contributed by atoms with Crippen molar-refractivity contribution in [1.29, 1.82) is 5.26 Å². The highest BCUT2D eigenvalue weighted by Gasteiger charge is 2.06. The van der Waals surface area contributed by atoms with E-state index in [4.69, 9.17) is 10.00 Å². The quantitative estimate of drug-likeness (QED) is 0.675. The van der Waals surface area contributed by atoms with E-state index in [1.807, 2.05) is 30.3 Å². The average molecular weight is 250 g/mol. The maximum atomic E-state index is 12.1. The Kier molecular flexibility index (Phi) is 2.46. The minimum absolute atomic E-state index is 0.120. The fourth-order valence-corrected chi connectivity index (χ4v) is 2.15. The number of pyridine rings is 1. The van der Waals surface area contributed by atoms with Crippen LogP contribution in [0.1, 0.15) is 5.56 Å². The minimum Gasteiger partial charge on any atom is -0.497 e. The molecule has 0 aliphatic carbocycles. The van der Waals surface area contributed by atoms with Gasteiger partial charge in [-0.15, -0.1) is 0 Å². The molecule has 0 aliphatic rings. The Morgan fingerprint density at radius 1 is 1.21 bits per heavy atom. The van der Waals surface area contributed by atoms with Crippen LogP contribution in [0.25, 0.3) is 21.7 Å².